The van der Waals surface area contributed by atoms with Gasteiger partial charge in [0.1, 0.15) is 0 Å². The Morgan fingerprint density at radius 2 is 0.815 bits per heavy atom. The summed E-state index contributed by atoms with van der Waals surface area (Å²) in [7, 11) is 0. The predicted octanol–water partition coefficient (Wildman–Crippen LogP) is 14.9. The van der Waals surface area contributed by atoms with Crippen molar-refractivity contribution in [3.63, 3.8) is 0 Å². The lowest BCUT2D eigenvalue weighted by atomic mass is 9.81. The topological polar surface area (TPSA) is 3.24 Å². The number of fused-ring (bicyclic) bond motifs is 4. The van der Waals surface area contributed by atoms with Gasteiger partial charge in [0.25, 0.3) is 0 Å². The minimum Gasteiger partial charge on any atom is -0.310 e. The van der Waals surface area contributed by atoms with E-state index in [0.29, 0.717) is 0 Å². The molecule has 0 aromatic heterocycles. The van der Waals surface area contributed by atoms with E-state index in [9.17, 15) is 0 Å². The lowest BCUT2D eigenvalue weighted by Crippen LogP contribution is -2.17. The molecule has 8 aromatic carbocycles. The molecule has 262 valence electrons. The molecule has 1 aliphatic rings. The monoisotopic (exact) mass is 695 g/mol. The highest BCUT2D eigenvalue weighted by atomic mass is 15.1. The molecule has 0 aliphatic heterocycles. The van der Waals surface area contributed by atoms with Gasteiger partial charge in [0, 0.05) is 22.5 Å². The fourth-order valence-corrected chi connectivity index (χ4v) is 8.26. The Hall–Kier alpha value is -6.18. The van der Waals surface area contributed by atoms with Gasteiger partial charge in [0.15, 0.2) is 0 Å². The molecule has 0 atom stereocenters. The summed E-state index contributed by atoms with van der Waals surface area (Å²) in [5, 5.41) is 2.54. The van der Waals surface area contributed by atoms with Crippen molar-refractivity contribution in [3.8, 4) is 44.5 Å². The fourth-order valence-electron chi connectivity index (χ4n) is 8.26. The van der Waals surface area contributed by atoms with Crippen LogP contribution in [0.3, 0.4) is 0 Å². The maximum Gasteiger partial charge on any atom is 0.0465 e. The van der Waals surface area contributed by atoms with Crippen LogP contribution < -0.4 is 4.90 Å². The summed E-state index contributed by atoms with van der Waals surface area (Å²) in [4.78, 5) is 2.41. The van der Waals surface area contributed by atoms with Crippen molar-refractivity contribution in [2.24, 2.45) is 0 Å². The molecule has 0 bridgehead atoms. The molecular formula is C53H45N. The molecule has 8 aromatic rings. The molecule has 0 unspecified atom stereocenters. The van der Waals surface area contributed by atoms with Crippen LogP contribution in [-0.2, 0) is 10.8 Å². The van der Waals surface area contributed by atoms with Crippen molar-refractivity contribution in [3.05, 3.63) is 199 Å². The van der Waals surface area contributed by atoms with E-state index >= 15 is 0 Å². The molecule has 0 fully saturated rings. The van der Waals surface area contributed by atoms with Crippen molar-refractivity contribution in [2.75, 3.05) is 4.90 Å². The molecule has 1 heteroatoms. The lowest BCUT2D eigenvalue weighted by Gasteiger charge is -2.29. The van der Waals surface area contributed by atoms with Crippen LogP contribution in [0.4, 0.5) is 17.1 Å². The zero-order valence-corrected chi connectivity index (χ0v) is 31.8. The summed E-state index contributed by atoms with van der Waals surface area (Å²) in [6.07, 6.45) is 0. The van der Waals surface area contributed by atoms with E-state index in [-0.39, 0.29) is 10.8 Å². The van der Waals surface area contributed by atoms with Crippen LogP contribution in [0.15, 0.2) is 182 Å². The van der Waals surface area contributed by atoms with E-state index in [2.05, 4.69) is 222 Å². The summed E-state index contributed by atoms with van der Waals surface area (Å²) < 4.78 is 0. The quantitative estimate of drug-likeness (QED) is 0.167. The molecule has 0 N–H and O–H groups in total. The second-order valence-corrected chi connectivity index (χ2v) is 16.3. The third-order valence-corrected chi connectivity index (χ3v) is 11.4. The first-order valence-corrected chi connectivity index (χ1v) is 19.1. The summed E-state index contributed by atoms with van der Waals surface area (Å²) in [5.41, 5.74) is 17.5. The van der Waals surface area contributed by atoms with Gasteiger partial charge >= 0.3 is 0 Å². The van der Waals surface area contributed by atoms with Gasteiger partial charge in [-0.15, -0.1) is 0 Å². The van der Waals surface area contributed by atoms with E-state index in [1.165, 1.54) is 72.0 Å². The van der Waals surface area contributed by atoms with Gasteiger partial charge in [-0.2, -0.15) is 0 Å². The van der Waals surface area contributed by atoms with Crippen LogP contribution in [0.2, 0.25) is 0 Å². The van der Waals surface area contributed by atoms with Gasteiger partial charge in [-0.25, -0.2) is 0 Å². The van der Waals surface area contributed by atoms with Gasteiger partial charge in [0.2, 0.25) is 0 Å². The zero-order chi connectivity index (χ0) is 37.0. The summed E-state index contributed by atoms with van der Waals surface area (Å²) in [6, 6.07) is 67.2. The average Bonchev–Trinajstić information content (AvgIpc) is 3.43. The van der Waals surface area contributed by atoms with E-state index in [4.69, 9.17) is 0 Å². The van der Waals surface area contributed by atoms with Gasteiger partial charge < -0.3 is 4.90 Å². The Morgan fingerprint density at radius 3 is 1.44 bits per heavy atom. The Balaban J connectivity index is 1.08. The van der Waals surface area contributed by atoms with Gasteiger partial charge in [-0.05, 0) is 126 Å². The molecule has 0 heterocycles. The highest BCUT2D eigenvalue weighted by Crippen LogP contribution is 2.52. The minimum absolute atomic E-state index is 0.0795. The second-order valence-electron chi connectivity index (χ2n) is 16.3. The van der Waals surface area contributed by atoms with E-state index in [0.717, 1.165) is 17.1 Å². The number of benzene rings is 8. The molecule has 1 aliphatic carbocycles. The van der Waals surface area contributed by atoms with E-state index < -0.39 is 0 Å². The standard InChI is InChI=1S/C53H45N/c1-52(2,3)44-24-28-46(29-25-44)54(45-26-21-40(22-27-45)39-17-15-38(16-18-39)36-11-7-6-8-12-36)47-30-32-49-48-31-23-43(34-50(48)53(4,5)51(49)35-47)42-20-19-37-13-9-10-14-41(37)33-42/h6-35H,1-5H3. The summed E-state index contributed by atoms with van der Waals surface area (Å²) >= 11 is 0. The van der Waals surface area contributed by atoms with Crippen LogP contribution in [0.25, 0.3) is 55.3 Å². The second kappa shape index (κ2) is 13.0. The molecule has 54 heavy (non-hydrogen) atoms. The number of hydrogen-bond acceptors (Lipinski definition) is 1. The summed E-state index contributed by atoms with van der Waals surface area (Å²) in [6.45, 7) is 11.6. The first kappa shape index (κ1) is 33.6. The predicted molar refractivity (Wildman–Crippen MR) is 231 cm³/mol. The lowest BCUT2D eigenvalue weighted by molar-refractivity contribution is 0.590. The normalized spacial score (nSPS) is 13.1. The molecule has 0 amide bonds. The molecule has 0 spiro atoms. The molecule has 0 saturated heterocycles. The Morgan fingerprint density at radius 1 is 0.370 bits per heavy atom. The van der Waals surface area contributed by atoms with E-state index in [1.807, 2.05) is 0 Å². The van der Waals surface area contributed by atoms with Crippen LogP contribution in [0, 0.1) is 0 Å². The first-order valence-electron chi connectivity index (χ1n) is 19.1. The molecule has 9 rings (SSSR count). The largest absolute Gasteiger partial charge is 0.310 e. The van der Waals surface area contributed by atoms with Gasteiger partial charge in [0.05, 0.1) is 0 Å². The first-order chi connectivity index (χ1) is 26.1. The Labute approximate surface area is 320 Å². The molecule has 1 nitrogen and oxygen atoms in total. The number of nitrogens with zero attached hydrogens (tertiary/aromatic N) is 1. The maximum absolute atomic E-state index is 2.43. The average molecular weight is 696 g/mol. The third kappa shape index (κ3) is 6.00. The smallest absolute Gasteiger partial charge is 0.0465 e. The number of rotatable bonds is 6. The minimum atomic E-state index is -0.162. The Kier molecular flexibility index (Phi) is 8.12. The van der Waals surface area contributed by atoms with Crippen molar-refractivity contribution in [2.45, 2.75) is 45.4 Å². The fraction of sp³-hybridized carbons (Fsp3) is 0.132. The van der Waals surface area contributed by atoms with Gasteiger partial charge in [-0.1, -0.05) is 168 Å². The van der Waals surface area contributed by atoms with Crippen molar-refractivity contribution >= 4 is 27.8 Å². The van der Waals surface area contributed by atoms with Crippen molar-refractivity contribution in [1.29, 1.82) is 0 Å². The summed E-state index contributed by atoms with van der Waals surface area (Å²) in [5.74, 6) is 0. The number of anilines is 3. The molecule has 0 radical (unpaired) electrons. The highest BCUT2D eigenvalue weighted by Gasteiger charge is 2.36. The third-order valence-electron chi connectivity index (χ3n) is 11.4. The number of hydrogen-bond donors (Lipinski definition) is 0. The van der Waals surface area contributed by atoms with Crippen LogP contribution in [-0.4, -0.2) is 0 Å². The maximum atomic E-state index is 2.43. The van der Waals surface area contributed by atoms with Crippen molar-refractivity contribution in [1.82, 2.24) is 0 Å². The van der Waals surface area contributed by atoms with Gasteiger partial charge in [-0.3, -0.25) is 0 Å². The SMILES string of the molecule is CC(C)(C)c1ccc(N(c2ccc(-c3ccc(-c4ccccc4)cc3)cc2)c2ccc3c(c2)C(C)(C)c2cc(-c4ccc5ccccc5c4)ccc2-3)cc1. The van der Waals surface area contributed by atoms with Crippen LogP contribution in [0.5, 0.6) is 0 Å². The Bertz CT molecular complexity index is 2620. The zero-order valence-electron chi connectivity index (χ0n) is 31.8. The van der Waals surface area contributed by atoms with Crippen molar-refractivity contribution < 1.29 is 0 Å². The highest BCUT2D eigenvalue weighted by molar-refractivity contribution is 5.90. The van der Waals surface area contributed by atoms with E-state index in [1.54, 1.807) is 0 Å². The van der Waals surface area contributed by atoms with Crippen LogP contribution in [0.1, 0.15) is 51.3 Å². The van der Waals surface area contributed by atoms with Crippen LogP contribution >= 0.6 is 0 Å². The molecular weight excluding hydrogens is 651 g/mol. The molecule has 0 saturated carbocycles.